The number of sulfonamides is 1. The molecule has 40 heavy (non-hydrogen) atoms. The molecule has 4 aliphatic rings. The van der Waals surface area contributed by atoms with Gasteiger partial charge in [0.05, 0.1) is 11.9 Å². The van der Waals surface area contributed by atoms with E-state index in [2.05, 4.69) is 17.4 Å². The summed E-state index contributed by atoms with van der Waals surface area (Å²) >= 11 is 0. The van der Waals surface area contributed by atoms with Gasteiger partial charge in [0.1, 0.15) is 12.6 Å². The van der Waals surface area contributed by atoms with Gasteiger partial charge in [-0.15, -0.1) is 0 Å². The molecule has 7 nitrogen and oxygen atoms in total. The minimum atomic E-state index is -3.75. The van der Waals surface area contributed by atoms with E-state index in [4.69, 9.17) is 0 Å². The summed E-state index contributed by atoms with van der Waals surface area (Å²) < 4.78 is 27.1. The Bertz CT molecular complexity index is 1270. The van der Waals surface area contributed by atoms with Crippen LogP contribution in [-0.4, -0.2) is 50.5 Å². The predicted octanol–water partition coefficient (Wildman–Crippen LogP) is 4.86. The number of amides is 2. The lowest BCUT2D eigenvalue weighted by Gasteiger charge is -2.57. The first-order valence-electron chi connectivity index (χ1n) is 14.8. The molecule has 1 atom stereocenters. The highest BCUT2D eigenvalue weighted by molar-refractivity contribution is 7.92. The molecule has 0 heterocycles. The first kappa shape index (κ1) is 28.7. The van der Waals surface area contributed by atoms with Crippen LogP contribution in [0, 0.1) is 17.8 Å². The average molecular weight is 566 g/mol. The van der Waals surface area contributed by atoms with Crippen LogP contribution in [0.3, 0.4) is 0 Å². The van der Waals surface area contributed by atoms with Gasteiger partial charge in [-0.25, -0.2) is 8.42 Å². The Kier molecular flexibility index (Phi) is 8.27. The van der Waals surface area contributed by atoms with E-state index in [1.807, 2.05) is 49.4 Å². The third-order valence-corrected chi connectivity index (χ3v) is 10.5. The third kappa shape index (κ3) is 6.07. The molecule has 0 unspecified atom stereocenters. The number of hydrogen-bond acceptors (Lipinski definition) is 4. The molecule has 0 saturated heterocycles. The fourth-order valence-electron chi connectivity index (χ4n) is 7.82. The van der Waals surface area contributed by atoms with Crippen molar-refractivity contribution in [2.75, 3.05) is 23.7 Å². The summed E-state index contributed by atoms with van der Waals surface area (Å²) in [5.74, 6) is 1.80. The average Bonchev–Trinajstić information content (AvgIpc) is 2.92. The van der Waals surface area contributed by atoms with Crippen molar-refractivity contribution >= 4 is 27.5 Å². The minimum absolute atomic E-state index is 0.211. The number of hydrogen-bond donors (Lipinski definition) is 1. The largest absolute Gasteiger partial charge is 0.354 e. The summed E-state index contributed by atoms with van der Waals surface area (Å²) in [5.41, 5.74) is 2.87. The monoisotopic (exact) mass is 565 g/mol. The van der Waals surface area contributed by atoms with E-state index >= 15 is 0 Å². The quantitative estimate of drug-likeness (QED) is 0.422. The Hall–Kier alpha value is -2.87. The molecule has 4 aliphatic carbocycles. The molecule has 0 spiro atoms. The molecule has 6 rings (SSSR count). The molecule has 1 N–H and O–H groups in total. The van der Waals surface area contributed by atoms with Crippen LogP contribution < -0.4 is 9.62 Å². The van der Waals surface area contributed by atoms with Gasteiger partial charge in [0, 0.05) is 13.1 Å². The van der Waals surface area contributed by atoms with Crippen LogP contribution in [0.4, 0.5) is 5.69 Å². The normalized spacial score (nSPS) is 25.8. The molecule has 8 heteroatoms. The topological polar surface area (TPSA) is 86.8 Å². The summed E-state index contributed by atoms with van der Waals surface area (Å²) in [6, 6.07) is 16.6. The standard InChI is InChI=1S/C32H43N3O4S/c1-4-14-33-31(37)23(2)34(21-24-8-6-5-7-9-24)30(36)22-35(40(3,38)39)29-12-10-28(11-13-29)32-18-25-15-26(19-32)17-27(16-25)20-32/h5-13,23,25-27H,4,14-22H2,1-3H3,(H,33,37)/t23-,25?,26?,27?,32?/m1/s1. The first-order valence-corrected chi connectivity index (χ1v) is 16.6. The van der Waals surface area contributed by atoms with E-state index in [0.29, 0.717) is 12.2 Å². The molecule has 0 aromatic heterocycles. The fraction of sp³-hybridized carbons (Fsp3) is 0.562. The highest BCUT2D eigenvalue weighted by Gasteiger charge is 2.51. The number of carbonyl (C=O) groups excluding carboxylic acids is 2. The van der Waals surface area contributed by atoms with Crippen molar-refractivity contribution in [2.24, 2.45) is 17.8 Å². The zero-order valence-electron chi connectivity index (χ0n) is 24.0. The van der Waals surface area contributed by atoms with Gasteiger partial charge < -0.3 is 10.2 Å². The number of rotatable bonds is 11. The number of carbonyl (C=O) groups is 2. The van der Waals surface area contributed by atoms with E-state index < -0.39 is 22.0 Å². The summed E-state index contributed by atoms with van der Waals surface area (Å²) in [6.07, 6.45) is 9.73. The van der Waals surface area contributed by atoms with Gasteiger partial charge in [-0.05, 0) is 98.3 Å². The summed E-state index contributed by atoms with van der Waals surface area (Å²) in [7, 11) is -3.75. The third-order valence-electron chi connectivity index (χ3n) is 9.40. The molecule has 216 valence electrons. The van der Waals surface area contributed by atoms with E-state index in [0.717, 1.165) is 36.0 Å². The Morgan fingerprint density at radius 2 is 1.52 bits per heavy atom. The van der Waals surface area contributed by atoms with Gasteiger partial charge in [0.2, 0.25) is 21.8 Å². The van der Waals surface area contributed by atoms with Gasteiger partial charge in [-0.2, -0.15) is 0 Å². The van der Waals surface area contributed by atoms with Gasteiger partial charge >= 0.3 is 0 Å². The molecule has 4 fully saturated rings. The van der Waals surface area contributed by atoms with Crippen LogP contribution in [0.15, 0.2) is 54.6 Å². The van der Waals surface area contributed by atoms with E-state index in [1.54, 1.807) is 6.92 Å². The molecule has 4 saturated carbocycles. The highest BCUT2D eigenvalue weighted by Crippen LogP contribution is 2.60. The zero-order chi connectivity index (χ0) is 28.5. The van der Waals surface area contributed by atoms with Crippen molar-refractivity contribution in [1.29, 1.82) is 0 Å². The second kappa shape index (κ2) is 11.6. The van der Waals surface area contributed by atoms with Crippen LogP contribution in [0.5, 0.6) is 0 Å². The van der Waals surface area contributed by atoms with Gasteiger partial charge in [-0.3, -0.25) is 13.9 Å². The van der Waals surface area contributed by atoms with Gasteiger partial charge in [0.15, 0.2) is 0 Å². The van der Waals surface area contributed by atoms with Crippen LogP contribution in [0.1, 0.15) is 69.9 Å². The van der Waals surface area contributed by atoms with Crippen LogP contribution in [0.25, 0.3) is 0 Å². The van der Waals surface area contributed by atoms with Crippen LogP contribution in [-0.2, 0) is 31.6 Å². The molecule has 4 bridgehead atoms. The lowest BCUT2D eigenvalue weighted by molar-refractivity contribution is -0.139. The second-order valence-corrected chi connectivity index (χ2v) is 14.4. The van der Waals surface area contributed by atoms with E-state index in [9.17, 15) is 18.0 Å². The van der Waals surface area contributed by atoms with E-state index in [-0.39, 0.29) is 24.4 Å². The first-order chi connectivity index (χ1) is 19.1. The molecule has 0 aliphatic heterocycles. The summed E-state index contributed by atoms with van der Waals surface area (Å²) in [4.78, 5) is 28.1. The van der Waals surface area contributed by atoms with Crippen LogP contribution in [0.2, 0.25) is 0 Å². The predicted molar refractivity (Wildman–Crippen MR) is 158 cm³/mol. The SMILES string of the molecule is CCCNC(=O)[C@@H](C)N(Cc1ccccc1)C(=O)CN(c1ccc(C23CC4CC(CC(C4)C2)C3)cc1)S(C)(=O)=O. The summed E-state index contributed by atoms with van der Waals surface area (Å²) in [6.45, 7) is 4.02. The van der Waals surface area contributed by atoms with E-state index in [1.165, 1.54) is 53.3 Å². The maximum absolute atomic E-state index is 13.7. The smallest absolute Gasteiger partial charge is 0.244 e. The maximum Gasteiger partial charge on any atom is 0.244 e. The molecular formula is C32H43N3O4S. The molecule has 2 aromatic carbocycles. The van der Waals surface area contributed by atoms with Crippen molar-refractivity contribution < 1.29 is 18.0 Å². The van der Waals surface area contributed by atoms with Gasteiger partial charge in [-0.1, -0.05) is 49.4 Å². The highest BCUT2D eigenvalue weighted by atomic mass is 32.2. The van der Waals surface area contributed by atoms with Crippen molar-refractivity contribution in [3.63, 3.8) is 0 Å². The molecule has 2 amide bonds. The number of nitrogens with zero attached hydrogens (tertiary/aromatic N) is 2. The Labute approximate surface area is 239 Å². The Balaban J connectivity index is 1.37. The van der Waals surface area contributed by atoms with Crippen molar-refractivity contribution in [1.82, 2.24) is 10.2 Å². The lowest BCUT2D eigenvalue weighted by Crippen LogP contribution is -2.51. The maximum atomic E-state index is 13.7. The zero-order valence-corrected chi connectivity index (χ0v) is 24.8. The fourth-order valence-corrected chi connectivity index (χ4v) is 8.67. The molecule has 0 radical (unpaired) electrons. The number of anilines is 1. The molecular weight excluding hydrogens is 522 g/mol. The van der Waals surface area contributed by atoms with Crippen molar-refractivity contribution in [3.05, 3.63) is 65.7 Å². The lowest BCUT2D eigenvalue weighted by atomic mass is 9.48. The minimum Gasteiger partial charge on any atom is -0.354 e. The Morgan fingerprint density at radius 3 is 2.05 bits per heavy atom. The summed E-state index contributed by atoms with van der Waals surface area (Å²) in [5, 5.41) is 2.86. The number of benzene rings is 2. The number of nitrogens with one attached hydrogen (secondary N) is 1. The van der Waals surface area contributed by atoms with Crippen LogP contribution >= 0.6 is 0 Å². The molecule has 2 aromatic rings. The second-order valence-electron chi connectivity index (χ2n) is 12.5. The van der Waals surface area contributed by atoms with Crippen molar-refractivity contribution in [2.45, 2.75) is 76.8 Å². The van der Waals surface area contributed by atoms with Crippen molar-refractivity contribution in [3.8, 4) is 0 Å². The Morgan fingerprint density at radius 1 is 0.950 bits per heavy atom. The van der Waals surface area contributed by atoms with Gasteiger partial charge in [0.25, 0.3) is 0 Å².